The zero-order chi connectivity index (χ0) is 22.1. The largest absolute Gasteiger partial charge is 0.320 e. The molecule has 0 bridgehead atoms. The van der Waals surface area contributed by atoms with Gasteiger partial charge >= 0.3 is 0 Å². The van der Waals surface area contributed by atoms with E-state index in [0.717, 1.165) is 39.0 Å². The summed E-state index contributed by atoms with van der Waals surface area (Å²) in [6.45, 7) is 4.03. The lowest BCUT2D eigenvalue weighted by Crippen LogP contribution is -2.14. The monoisotopic (exact) mass is 417 g/mol. The van der Waals surface area contributed by atoms with Gasteiger partial charge in [-0.15, -0.1) is 0 Å². The van der Waals surface area contributed by atoms with Gasteiger partial charge in [0.25, 0.3) is 5.91 Å². The van der Waals surface area contributed by atoms with Crippen molar-refractivity contribution in [1.82, 2.24) is 9.78 Å². The van der Waals surface area contributed by atoms with E-state index in [1.165, 1.54) is 5.56 Å². The summed E-state index contributed by atoms with van der Waals surface area (Å²) < 4.78 is 1.86. The number of amides is 1. The van der Waals surface area contributed by atoms with Crippen molar-refractivity contribution in [2.24, 2.45) is 0 Å². The molecule has 0 aliphatic heterocycles. The van der Waals surface area contributed by atoms with Gasteiger partial charge < -0.3 is 5.32 Å². The number of hydrogen-bond donors (Lipinski definition) is 1. The number of anilines is 1. The van der Waals surface area contributed by atoms with Gasteiger partial charge in [-0.1, -0.05) is 78.4 Å². The Hall–Kier alpha value is -4.18. The van der Waals surface area contributed by atoms with Crippen molar-refractivity contribution in [2.45, 2.75) is 13.8 Å². The number of aryl methyl sites for hydroxylation is 2. The van der Waals surface area contributed by atoms with Crippen LogP contribution in [0.25, 0.3) is 27.7 Å². The zero-order valence-electron chi connectivity index (χ0n) is 18.0. The van der Waals surface area contributed by atoms with E-state index in [4.69, 9.17) is 5.10 Å². The summed E-state index contributed by atoms with van der Waals surface area (Å²) >= 11 is 0. The molecule has 1 aromatic heterocycles. The van der Waals surface area contributed by atoms with Crippen LogP contribution < -0.4 is 5.32 Å². The molecule has 0 saturated carbocycles. The van der Waals surface area contributed by atoms with E-state index >= 15 is 0 Å². The number of nitrogens with zero attached hydrogens (tertiary/aromatic N) is 2. The van der Waals surface area contributed by atoms with Crippen LogP contribution in [0.4, 0.5) is 5.69 Å². The molecule has 0 atom stereocenters. The van der Waals surface area contributed by atoms with E-state index in [1.54, 1.807) is 0 Å². The first-order valence-corrected chi connectivity index (χ1v) is 10.6. The summed E-state index contributed by atoms with van der Waals surface area (Å²) in [4.78, 5) is 13.1. The van der Waals surface area contributed by atoms with Gasteiger partial charge in [0.2, 0.25) is 0 Å². The number of para-hydroxylation sites is 1. The average Bonchev–Trinajstić information content (AvgIpc) is 3.26. The molecular formula is C28H23N3O. The van der Waals surface area contributed by atoms with E-state index in [9.17, 15) is 4.79 Å². The van der Waals surface area contributed by atoms with Crippen LogP contribution in [0.3, 0.4) is 0 Å². The lowest BCUT2D eigenvalue weighted by atomic mass is 10.0. The van der Waals surface area contributed by atoms with Gasteiger partial charge in [0.05, 0.1) is 11.4 Å². The normalized spacial score (nSPS) is 10.9. The van der Waals surface area contributed by atoms with Crippen molar-refractivity contribution in [2.75, 3.05) is 5.32 Å². The van der Waals surface area contributed by atoms with Crippen molar-refractivity contribution in [3.8, 4) is 16.9 Å². The number of fused-ring (bicyclic) bond motifs is 1. The van der Waals surface area contributed by atoms with Crippen molar-refractivity contribution in [1.29, 1.82) is 0 Å². The lowest BCUT2D eigenvalue weighted by Gasteiger charge is -2.10. The van der Waals surface area contributed by atoms with Gasteiger partial charge in [0, 0.05) is 11.3 Å². The van der Waals surface area contributed by atoms with Crippen molar-refractivity contribution >= 4 is 22.4 Å². The Balaban J connectivity index is 1.65. The quantitative estimate of drug-likeness (QED) is 0.360. The Morgan fingerprint density at radius 1 is 0.812 bits per heavy atom. The second-order valence-corrected chi connectivity index (χ2v) is 7.96. The van der Waals surface area contributed by atoms with Crippen LogP contribution in [-0.2, 0) is 0 Å². The van der Waals surface area contributed by atoms with E-state index in [2.05, 4.69) is 48.6 Å². The highest BCUT2D eigenvalue weighted by Gasteiger charge is 2.18. The third-order valence-corrected chi connectivity index (χ3v) is 5.68. The minimum absolute atomic E-state index is 0.230. The molecule has 0 saturated heterocycles. The Labute approximate surface area is 187 Å². The molecule has 0 aliphatic carbocycles. The van der Waals surface area contributed by atoms with Crippen LogP contribution in [-0.4, -0.2) is 15.7 Å². The van der Waals surface area contributed by atoms with Gasteiger partial charge in [-0.2, -0.15) is 5.10 Å². The highest BCUT2D eigenvalue weighted by Crippen LogP contribution is 2.31. The molecule has 156 valence electrons. The van der Waals surface area contributed by atoms with E-state index in [0.29, 0.717) is 5.69 Å². The van der Waals surface area contributed by atoms with Crippen LogP contribution in [0.5, 0.6) is 0 Å². The maximum atomic E-state index is 13.1. The maximum absolute atomic E-state index is 13.1. The highest BCUT2D eigenvalue weighted by atomic mass is 16.2. The molecule has 4 heteroatoms. The van der Waals surface area contributed by atoms with Crippen LogP contribution in [0.15, 0.2) is 97.1 Å². The summed E-state index contributed by atoms with van der Waals surface area (Å²) in [7, 11) is 0. The third kappa shape index (κ3) is 3.67. The minimum Gasteiger partial charge on any atom is -0.320 e. The van der Waals surface area contributed by atoms with Crippen LogP contribution >= 0.6 is 0 Å². The molecular weight excluding hydrogens is 394 g/mol. The fraction of sp³-hybridized carbons (Fsp3) is 0.0714. The van der Waals surface area contributed by atoms with E-state index in [-0.39, 0.29) is 5.91 Å². The summed E-state index contributed by atoms with van der Waals surface area (Å²) in [5.74, 6) is -0.230. The lowest BCUT2D eigenvalue weighted by molar-refractivity contribution is 0.102. The van der Waals surface area contributed by atoms with Gasteiger partial charge in [-0.05, 0) is 54.4 Å². The second kappa shape index (κ2) is 8.16. The summed E-state index contributed by atoms with van der Waals surface area (Å²) in [5, 5.41) is 9.99. The van der Waals surface area contributed by atoms with Gasteiger partial charge in [0.15, 0.2) is 5.69 Å². The predicted octanol–water partition coefficient (Wildman–Crippen LogP) is 6.56. The molecule has 0 unspecified atom stereocenters. The van der Waals surface area contributed by atoms with Crippen LogP contribution in [0, 0.1) is 13.8 Å². The molecule has 5 aromatic rings. The summed E-state index contributed by atoms with van der Waals surface area (Å²) in [6, 6.07) is 32.2. The standard InChI is InChI=1S/C28H23N3O/c1-19-14-16-22(17-15-19)31-27(24-12-7-10-21-9-4-5-11-23(21)24)18-26(30-31)28(32)29-25-13-6-3-8-20(25)2/h3-18H,1-2H3,(H,29,32). The number of nitrogens with one attached hydrogen (secondary N) is 1. The Kier molecular flexibility index (Phi) is 5.04. The van der Waals surface area contributed by atoms with Crippen LogP contribution in [0.2, 0.25) is 0 Å². The zero-order valence-corrected chi connectivity index (χ0v) is 18.0. The van der Waals surface area contributed by atoms with Crippen molar-refractivity contribution in [3.63, 3.8) is 0 Å². The SMILES string of the molecule is Cc1ccc(-n2nc(C(=O)Nc3ccccc3C)cc2-c2cccc3ccccc23)cc1. The first-order valence-electron chi connectivity index (χ1n) is 10.6. The molecule has 0 aliphatic rings. The predicted molar refractivity (Wildman–Crippen MR) is 130 cm³/mol. The number of carbonyl (C=O) groups is 1. The maximum Gasteiger partial charge on any atom is 0.276 e. The molecule has 0 radical (unpaired) electrons. The second-order valence-electron chi connectivity index (χ2n) is 7.96. The van der Waals surface area contributed by atoms with Crippen LogP contribution in [0.1, 0.15) is 21.6 Å². The fourth-order valence-corrected chi connectivity index (χ4v) is 3.91. The summed E-state index contributed by atoms with van der Waals surface area (Å²) in [6.07, 6.45) is 0. The number of rotatable bonds is 4. The molecule has 5 rings (SSSR count). The number of hydrogen-bond acceptors (Lipinski definition) is 2. The molecule has 32 heavy (non-hydrogen) atoms. The van der Waals surface area contributed by atoms with Crippen molar-refractivity contribution < 1.29 is 4.79 Å². The number of carbonyl (C=O) groups excluding carboxylic acids is 1. The van der Waals surface area contributed by atoms with Gasteiger partial charge in [-0.3, -0.25) is 4.79 Å². The number of aromatic nitrogens is 2. The molecule has 4 aromatic carbocycles. The fourth-order valence-electron chi connectivity index (χ4n) is 3.91. The molecule has 1 amide bonds. The van der Waals surface area contributed by atoms with Gasteiger partial charge in [-0.25, -0.2) is 4.68 Å². The number of benzene rings is 4. The molecule has 0 fully saturated rings. The summed E-state index contributed by atoms with van der Waals surface area (Å²) in [5.41, 5.74) is 6.16. The van der Waals surface area contributed by atoms with E-state index < -0.39 is 0 Å². The molecule has 0 spiro atoms. The van der Waals surface area contributed by atoms with E-state index in [1.807, 2.05) is 72.3 Å². The minimum atomic E-state index is -0.230. The highest BCUT2D eigenvalue weighted by molar-refractivity contribution is 6.05. The van der Waals surface area contributed by atoms with Crippen molar-refractivity contribution in [3.05, 3.63) is 114 Å². The Bertz CT molecular complexity index is 1430. The smallest absolute Gasteiger partial charge is 0.276 e. The Morgan fingerprint density at radius 3 is 2.34 bits per heavy atom. The average molecular weight is 418 g/mol. The Morgan fingerprint density at radius 2 is 1.53 bits per heavy atom. The third-order valence-electron chi connectivity index (χ3n) is 5.68. The van der Waals surface area contributed by atoms with Gasteiger partial charge in [0.1, 0.15) is 0 Å². The molecule has 4 nitrogen and oxygen atoms in total. The topological polar surface area (TPSA) is 46.9 Å². The first kappa shape index (κ1) is 19.8. The molecule has 1 N–H and O–H groups in total. The molecule has 1 heterocycles. The first-order chi connectivity index (χ1) is 15.6.